The molecule has 60 valence electrons. The Morgan fingerprint density at radius 3 is 2.60 bits per heavy atom. The van der Waals surface area contributed by atoms with E-state index in [2.05, 4.69) is 5.32 Å². The van der Waals surface area contributed by atoms with E-state index in [-0.39, 0.29) is 12.1 Å². The molecule has 10 heavy (non-hydrogen) atoms. The summed E-state index contributed by atoms with van der Waals surface area (Å²) in [5, 5.41) is 11.7. The highest BCUT2D eigenvalue weighted by Gasteiger charge is 1.88. The van der Waals surface area contributed by atoms with Crippen LogP contribution < -0.4 is 11.1 Å². The van der Waals surface area contributed by atoms with Gasteiger partial charge < -0.3 is 16.2 Å². The van der Waals surface area contributed by atoms with Gasteiger partial charge in [0.15, 0.2) is 0 Å². The summed E-state index contributed by atoms with van der Waals surface area (Å²) in [5.41, 5.74) is 5.45. The summed E-state index contributed by atoms with van der Waals surface area (Å²) in [6, 6.07) is 0.152. The first-order valence-electron chi connectivity index (χ1n) is 3.46. The maximum atomic E-state index is 8.76. The number of hydrogen-bond acceptors (Lipinski definition) is 3. The molecule has 0 aliphatic heterocycles. The summed E-state index contributed by atoms with van der Waals surface area (Å²) in [5.74, 6) is 0. The van der Waals surface area contributed by atoms with Gasteiger partial charge in [0.1, 0.15) is 0 Å². The van der Waals surface area contributed by atoms with Crippen LogP contribution in [-0.2, 0) is 0 Å². The molecule has 0 aromatic carbocycles. The predicted molar refractivity (Wildman–Crippen MR) is 42.5 cm³/mol. The topological polar surface area (TPSA) is 58.3 Å². The van der Waals surface area contributed by atoms with Gasteiger partial charge in [-0.2, -0.15) is 0 Å². The lowest BCUT2D eigenvalue weighted by Crippen LogP contribution is -2.28. The molecule has 0 aromatic rings. The normalized spacial score (nSPS) is 17.2. The van der Waals surface area contributed by atoms with E-state index in [0.717, 1.165) is 6.54 Å². The molecule has 4 N–H and O–H groups in total. The van der Waals surface area contributed by atoms with Gasteiger partial charge in [-0.25, -0.2) is 0 Å². The lowest BCUT2D eigenvalue weighted by Gasteiger charge is -2.03. The Labute approximate surface area is 61.9 Å². The molecule has 0 radical (unpaired) electrons. The third kappa shape index (κ3) is 7.46. The fourth-order valence-corrected chi connectivity index (χ4v) is 0.461. The first kappa shape index (κ1) is 9.46. The maximum Gasteiger partial charge on any atom is 0.0709 e. The lowest BCUT2D eigenvalue weighted by atomic mass is 10.3. The van der Waals surface area contributed by atoms with E-state index < -0.39 is 0 Å². The van der Waals surface area contributed by atoms with E-state index >= 15 is 0 Å². The summed E-state index contributed by atoms with van der Waals surface area (Å²) in [6.07, 6.45) is 3.00. The van der Waals surface area contributed by atoms with Gasteiger partial charge in [0.05, 0.1) is 6.10 Å². The number of nitrogens with two attached hydrogens (primary N) is 1. The van der Waals surface area contributed by atoms with Crippen molar-refractivity contribution in [1.29, 1.82) is 0 Å². The Morgan fingerprint density at radius 1 is 1.60 bits per heavy atom. The fourth-order valence-electron chi connectivity index (χ4n) is 0.461. The summed E-state index contributed by atoms with van der Waals surface area (Å²) >= 11 is 0. The summed E-state index contributed by atoms with van der Waals surface area (Å²) < 4.78 is 0. The average Bonchev–Trinajstić information content (AvgIpc) is 1.79. The van der Waals surface area contributed by atoms with Gasteiger partial charge >= 0.3 is 0 Å². The first-order chi connectivity index (χ1) is 4.63. The van der Waals surface area contributed by atoms with Gasteiger partial charge in [-0.15, -0.1) is 0 Å². The van der Waals surface area contributed by atoms with Crippen molar-refractivity contribution in [2.45, 2.75) is 26.0 Å². The van der Waals surface area contributed by atoms with Crippen molar-refractivity contribution in [3.63, 3.8) is 0 Å². The standard InChI is InChI=1S/C7H16N2O/c1-6(8)5-9-4-3-7(2)10/h3-4,6-7,9-10H,5,8H2,1-2H3/b4-3+/t6-,7?/m1/s1. The van der Waals surface area contributed by atoms with Crippen molar-refractivity contribution in [3.05, 3.63) is 12.3 Å². The van der Waals surface area contributed by atoms with Crippen molar-refractivity contribution >= 4 is 0 Å². The predicted octanol–water partition coefficient (Wildman–Crippen LogP) is -0.182. The van der Waals surface area contributed by atoms with Crippen LogP contribution in [0, 0.1) is 0 Å². The smallest absolute Gasteiger partial charge is 0.0709 e. The van der Waals surface area contributed by atoms with Crippen LogP contribution in [0.2, 0.25) is 0 Å². The van der Waals surface area contributed by atoms with Gasteiger partial charge in [-0.05, 0) is 26.1 Å². The highest BCUT2D eigenvalue weighted by atomic mass is 16.3. The van der Waals surface area contributed by atoms with Crippen LogP contribution in [0.5, 0.6) is 0 Å². The van der Waals surface area contributed by atoms with Crippen LogP contribution in [0.1, 0.15) is 13.8 Å². The van der Waals surface area contributed by atoms with Gasteiger partial charge in [0.2, 0.25) is 0 Å². The third-order valence-corrected chi connectivity index (χ3v) is 0.932. The lowest BCUT2D eigenvalue weighted by molar-refractivity contribution is 0.243. The second kappa shape index (κ2) is 5.26. The SMILES string of the molecule is CC(O)/C=C/NC[C@@H](C)N. The van der Waals surface area contributed by atoms with Crippen LogP contribution in [0.25, 0.3) is 0 Å². The Kier molecular flexibility index (Phi) is 4.98. The zero-order valence-corrected chi connectivity index (χ0v) is 6.54. The number of hydrogen-bond donors (Lipinski definition) is 3. The largest absolute Gasteiger partial charge is 0.390 e. The zero-order valence-electron chi connectivity index (χ0n) is 6.54. The van der Waals surface area contributed by atoms with Crippen LogP contribution in [0.3, 0.4) is 0 Å². The molecular weight excluding hydrogens is 128 g/mol. The Hall–Kier alpha value is -0.540. The van der Waals surface area contributed by atoms with E-state index in [9.17, 15) is 0 Å². The monoisotopic (exact) mass is 144 g/mol. The van der Waals surface area contributed by atoms with E-state index in [1.807, 2.05) is 6.92 Å². The molecule has 0 heterocycles. The highest BCUT2D eigenvalue weighted by molar-refractivity contribution is 4.84. The molecule has 0 amide bonds. The van der Waals surface area contributed by atoms with Crippen LogP contribution >= 0.6 is 0 Å². The third-order valence-electron chi connectivity index (χ3n) is 0.932. The minimum atomic E-state index is -0.388. The number of nitrogens with one attached hydrogen (secondary N) is 1. The molecule has 0 aromatic heterocycles. The highest BCUT2D eigenvalue weighted by Crippen LogP contribution is 1.79. The number of aliphatic hydroxyl groups excluding tert-OH is 1. The van der Waals surface area contributed by atoms with Crippen molar-refractivity contribution < 1.29 is 5.11 Å². The maximum absolute atomic E-state index is 8.76. The fraction of sp³-hybridized carbons (Fsp3) is 0.714. The van der Waals surface area contributed by atoms with Crippen molar-refractivity contribution in [1.82, 2.24) is 5.32 Å². The molecule has 0 saturated heterocycles. The Balaban J connectivity index is 3.19. The molecular formula is C7H16N2O. The van der Waals surface area contributed by atoms with Gasteiger partial charge in [-0.3, -0.25) is 0 Å². The molecule has 0 fully saturated rings. The zero-order chi connectivity index (χ0) is 7.98. The minimum absolute atomic E-state index is 0.152. The Morgan fingerprint density at radius 2 is 2.20 bits per heavy atom. The quantitative estimate of drug-likeness (QED) is 0.513. The molecule has 0 rings (SSSR count). The van der Waals surface area contributed by atoms with Gasteiger partial charge in [-0.1, -0.05) is 0 Å². The van der Waals surface area contributed by atoms with Gasteiger partial charge in [0.25, 0.3) is 0 Å². The second-order valence-corrected chi connectivity index (χ2v) is 2.49. The van der Waals surface area contributed by atoms with Crippen molar-refractivity contribution in [3.8, 4) is 0 Å². The molecule has 0 saturated carbocycles. The Bertz CT molecular complexity index is 99.8. The summed E-state index contributed by atoms with van der Waals surface area (Å²) in [7, 11) is 0. The molecule has 3 heteroatoms. The van der Waals surface area contributed by atoms with E-state index in [1.165, 1.54) is 0 Å². The van der Waals surface area contributed by atoms with Crippen molar-refractivity contribution in [2.24, 2.45) is 5.73 Å². The number of aliphatic hydroxyl groups is 1. The van der Waals surface area contributed by atoms with Crippen LogP contribution in [-0.4, -0.2) is 23.8 Å². The minimum Gasteiger partial charge on any atom is -0.390 e. The molecule has 0 aliphatic carbocycles. The van der Waals surface area contributed by atoms with Crippen LogP contribution in [0.15, 0.2) is 12.3 Å². The molecule has 2 atom stereocenters. The average molecular weight is 144 g/mol. The van der Waals surface area contributed by atoms with Crippen LogP contribution in [0.4, 0.5) is 0 Å². The van der Waals surface area contributed by atoms with E-state index in [4.69, 9.17) is 10.8 Å². The first-order valence-corrected chi connectivity index (χ1v) is 3.46. The van der Waals surface area contributed by atoms with Gasteiger partial charge in [0, 0.05) is 12.6 Å². The van der Waals surface area contributed by atoms with Crippen molar-refractivity contribution in [2.75, 3.05) is 6.54 Å². The molecule has 3 nitrogen and oxygen atoms in total. The number of rotatable bonds is 4. The molecule has 0 aliphatic rings. The molecule has 0 spiro atoms. The van der Waals surface area contributed by atoms with E-state index in [0.29, 0.717) is 0 Å². The molecule has 1 unspecified atom stereocenters. The van der Waals surface area contributed by atoms with E-state index in [1.54, 1.807) is 19.2 Å². The molecule has 0 bridgehead atoms. The summed E-state index contributed by atoms with van der Waals surface area (Å²) in [4.78, 5) is 0. The second-order valence-electron chi connectivity index (χ2n) is 2.49. The summed E-state index contributed by atoms with van der Waals surface area (Å²) in [6.45, 7) is 4.36.